The molecule has 1 heterocycles. The molecule has 0 aromatic heterocycles. The van der Waals surface area contributed by atoms with Crippen molar-refractivity contribution in [1.82, 2.24) is 4.90 Å². The molecule has 0 unspecified atom stereocenters. The maximum absolute atomic E-state index is 7.47. The van der Waals surface area contributed by atoms with E-state index in [2.05, 4.69) is 65.6 Å². The first-order valence-corrected chi connectivity index (χ1v) is 9.37. The third-order valence-electron chi connectivity index (χ3n) is 5.35. The summed E-state index contributed by atoms with van der Waals surface area (Å²) in [6.07, 6.45) is 4.25. The maximum Gasteiger partial charge on any atom is 0.0908 e. The molecule has 3 nitrogen and oxygen atoms in total. The van der Waals surface area contributed by atoms with Crippen LogP contribution >= 0.6 is 0 Å². The van der Waals surface area contributed by atoms with Crippen LogP contribution in [-0.4, -0.2) is 30.4 Å². The average molecular weight is 335 g/mol. The number of amidine groups is 1. The molecule has 2 aromatic carbocycles. The van der Waals surface area contributed by atoms with Gasteiger partial charge in [0, 0.05) is 12.3 Å². The minimum absolute atomic E-state index is 0.340. The number of benzene rings is 2. The summed E-state index contributed by atoms with van der Waals surface area (Å²) < 4.78 is 0. The van der Waals surface area contributed by atoms with Crippen molar-refractivity contribution in [2.45, 2.75) is 31.6 Å². The Kier molecular flexibility index (Phi) is 6.24. The molecule has 132 valence electrons. The lowest BCUT2D eigenvalue weighted by Crippen LogP contribution is -2.36. The van der Waals surface area contributed by atoms with Crippen LogP contribution in [0.5, 0.6) is 0 Å². The van der Waals surface area contributed by atoms with Crippen LogP contribution in [0.3, 0.4) is 0 Å². The van der Waals surface area contributed by atoms with Crippen molar-refractivity contribution in [1.29, 1.82) is 5.41 Å². The molecule has 0 atom stereocenters. The van der Waals surface area contributed by atoms with Crippen molar-refractivity contribution in [3.05, 3.63) is 71.8 Å². The molecule has 1 saturated heterocycles. The van der Waals surface area contributed by atoms with Crippen LogP contribution < -0.4 is 5.73 Å². The zero-order valence-electron chi connectivity index (χ0n) is 14.9. The summed E-state index contributed by atoms with van der Waals surface area (Å²) >= 11 is 0. The fourth-order valence-electron chi connectivity index (χ4n) is 3.93. The summed E-state index contributed by atoms with van der Waals surface area (Å²) in [7, 11) is 0. The minimum atomic E-state index is 0.340. The summed E-state index contributed by atoms with van der Waals surface area (Å²) in [5.41, 5.74) is 8.36. The average Bonchev–Trinajstić information content (AvgIpc) is 2.65. The number of likely N-dealkylation sites (tertiary alicyclic amines) is 1. The highest BCUT2D eigenvalue weighted by molar-refractivity contribution is 5.77. The zero-order valence-corrected chi connectivity index (χ0v) is 14.9. The highest BCUT2D eigenvalue weighted by atomic mass is 15.1. The molecule has 1 fully saturated rings. The molecule has 3 rings (SSSR count). The van der Waals surface area contributed by atoms with Crippen LogP contribution in [0, 0.1) is 11.3 Å². The van der Waals surface area contributed by atoms with Crippen molar-refractivity contribution in [3.8, 4) is 0 Å². The summed E-state index contributed by atoms with van der Waals surface area (Å²) in [5.74, 6) is 1.40. The van der Waals surface area contributed by atoms with E-state index >= 15 is 0 Å². The van der Waals surface area contributed by atoms with Crippen LogP contribution in [0.2, 0.25) is 0 Å². The lowest BCUT2D eigenvalue weighted by Gasteiger charge is -2.33. The quantitative estimate of drug-likeness (QED) is 0.587. The molecule has 0 saturated carbocycles. The predicted octanol–water partition coefficient (Wildman–Crippen LogP) is 4.25. The van der Waals surface area contributed by atoms with Crippen molar-refractivity contribution in [2.75, 3.05) is 19.6 Å². The molecule has 0 aliphatic carbocycles. The number of nitrogens with zero attached hydrogens (tertiary/aromatic N) is 1. The van der Waals surface area contributed by atoms with Crippen molar-refractivity contribution < 1.29 is 0 Å². The Hall–Kier alpha value is -2.13. The maximum atomic E-state index is 7.47. The first kappa shape index (κ1) is 17.7. The van der Waals surface area contributed by atoms with Gasteiger partial charge in [-0.2, -0.15) is 0 Å². The topological polar surface area (TPSA) is 53.1 Å². The van der Waals surface area contributed by atoms with Crippen molar-refractivity contribution in [2.24, 2.45) is 11.7 Å². The van der Waals surface area contributed by atoms with Gasteiger partial charge in [0.1, 0.15) is 0 Å². The fraction of sp³-hybridized carbons (Fsp3) is 0.409. The number of hydrogen-bond acceptors (Lipinski definition) is 2. The van der Waals surface area contributed by atoms with E-state index in [0.717, 1.165) is 32.5 Å². The zero-order chi connectivity index (χ0) is 17.5. The summed E-state index contributed by atoms with van der Waals surface area (Å²) in [5, 5.41) is 7.47. The smallest absolute Gasteiger partial charge is 0.0908 e. The molecule has 0 bridgehead atoms. The number of nitrogens with one attached hydrogen (secondary N) is 1. The molecule has 0 spiro atoms. The first-order chi connectivity index (χ1) is 12.2. The summed E-state index contributed by atoms with van der Waals surface area (Å²) in [4.78, 5) is 2.58. The third kappa shape index (κ3) is 5.17. The number of nitrogens with two attached hydrogens (primary N) is 1. The highest BCUT2D eigenvalue weighted by Crippen LogP contribution is 2.29. The monoisotopic (exact) mass is 335 g/mol. The Morgan fingerprint density at radius 1 is 0.960 bits per heavy atom. The van der Waals surface area contributed by atoms with Crippen LogP contribution in [0.4, 0.5) is 0 Å². The van der Waals surface area contributed by atoms with Gasteiger partial charge in [-0.15, -0.1) is 0 Å². The van der Waals surface area contributed by atoms with E-state index in [1.165, 1.54) is 24.0 Å². The normalized spacial score (nSPS) is 16.2. The van der Waals surface area contributed by atoms with Gasteiger partial charge in [-0.05, 0) is 55.9 Å². The lowest BCUT2D eigenvalue weighted by molar-refractivity contribution is 0.183. The van der Waals surface area contributed by atoms with Crippen LogP contribution in [0.1, 0.15) is 42.7 Å². The molecule has 1 aliphatic rings. The second-order valence-electron chi connectivity index (χ2n) is 7.18. The van der Waals surface area contributed by atoms with Crippen molar-refractivity contribution in [3.63, 3.8) is 0 Å². The van der Waals surface area contributed by atoms with E-state index in [4.69, 9.17) is 11.1 Å². The molecular formula is C22H29N3. The highest BCUT2D eigenvalue weighted by Gasteiger charge is 2.21. The SMILES string of the molecule is N=C(N)CC1CCN(CCC(c2ccccc2)c2ccccc2)CC1. The number of rotatable bonds is 7. The Morgan fingerprint density at radius 3 is 1.96 bits per heavy atom. The van der Waals surface area contributed by atoms with Gasteiger partial charge in [-0.3, -0.25) is 5.41 Å². The molecule has 25 heavy (non-hydrogen) atoms. The minimum Gasteiger partial charge on any atom is -0.388 e. The van der Waals surface area contributed by atoms with Gasteiger partial charge in [0.15, 0.2) is 0 Å². The van der Waals surface area contributed by atoms with Gasteiger partial charge in [0.2, 0.25) is 0 Å². The predicted molar refractivity (Wildman–Crippen MR) is 105 cm³/mol. The van der Waals surface area contributed by atoms with Crippen LogP contribution in [0.15, 0.2) is 60.7 Å². The van der Waals surface area contributed by atoms with Crippen LogP contribution in [-0.2, 0) is 0 Å². The molecule has 0 radical (unpaired) electrons. The van der Waals surface area contributed by atoms with Crippen molar-refractivity contribution >= 4 is 5.84 Å². The van der Waals surface area contributed by atoms with Gasteiger partial charge in [0.05, 0.1) is 5.84 Å². The molecule has 3 heteroatoms. The Labute approximate surface area is 151 Å². The van der Waals surface area contributed by atoms with Gasteiger partial charge in [-0.1, -0.05) is 60.7 Å². The largest absolute Gasteiger partial charge is 0.388 e. The van der Waals surface area contributed by atoms with Gasteiger partial charge >= 0.3 is 0 Å². The summed E-state index contributed by atoms with van der Waals surface area (Å²) in [6.45, 7) is 3.39. The van der Waals surface area contributed by atoms with E-state index in [1.54, 1.807) is 0 Å². The van der Waals surface area contributed by atoms with Crippen LogP contribution in [0.25, 0.3) is 0 Å². The molecular weight excluding hydrogens is 306 g/mol. The van der Waals surface area contributed by atoms with Gasteiger partial charge in [0.25, 0.3) is 0 Å². The van der Waals surface area contributed by atoms with E-state index < -0.39 is 0 Å². The first-order valence-electron chi connectivity index (χ1n) is 9.37. The summed E-state index contributed by atoms with van der Waals surface area (Å²) in [6, 6.07) is 21.7. The van der Waals surface area contributed by atoms with Gasteiger partial charge in [-0.25, -0.2) is 0 Å². The second kappa shape index (κ2) is 8.82. The Balaban J connectivity index is 1.60. The molecule has 3 N–H and O–H groups in total. The van der Waals surface area contributed by atoms with Gasteiger partial charge < -0.3 is 10.6 Å². The number of hydrogen-bond donors (Lipinski definition) is 2. The van der Waals surface area contributed by atoms with E-state index in [-0.39, 0.29) is 0 Å². The Bertz CT molecular complexity index is 606. The van der Waals surface area contributed by atoms with E-state index in [0.29, 0.717) is 17.7 Å². The van der Waals surface area contributed by atoms with E-state index in [1.807, 2.05) is 0 Å². The number of piperidine rings is 1. The molecule has 2 aromatic rings. The molecule has 0 amide bonds. The standard InChI is InChI=1S/C22H29N3/c23-22(24)17-18-11-14-25(15-12-18)16-13-21(19-7-3-1-4-8-19)20-9-5-2-6-10-20/h1-10,18,21H,11-17H2,(H3,23,24). The second-order valence-corrected chi connectivity index (χ2v) is 7.18. The fourth-order valence-corrected chi connectivity index (χ4v) is 3.93. The Morgan fingerprint density at radius 2 is 1.48 bits per heavy atom. The lowest BCUT2D eigenvalue weighted by atomic mass is 9.87. The third-order valence-corrected chi connectivity index (χ3v) is 5.35. The molecule has 1 aliphatic heterocycles. The van der Waals surface area contributed by atoms with E-state index in [9.17, 15) is 0 Å².